The van der Waals surface area contributed by atoms with Gasteiger partial charge in [-0.05, 0) is 12.8 Å². The zero-order chi connectivity index (χ0) is 11.7. The van der Waals surface area contributed by atoms with Gasteiger partial charge in [-0.1, -0.05) is 0 Å². The molecule has 5 heteroatoms. The standard InChI is InChI=1S/C12H16N2O3/c15-7-11-10-8-17-6-3-12(10)14(13-11)9-1-4-16-5-2-9/h7,9H,1-6,8H2. The van der Waals surface area contributed by atoms with Gasteiger partial charge in [0, 0.05) is 30.9 Å². The fourth-order valence-corrected chi connectivity index (χ4v) is 2.62. The van der Waals surface area contributed by atoms with E-state index in [1.807, 2.05) is 4.68 Å². The number of nitrogens with zero attached hydrogens (tertiary/aromatic N) is 2. The Morgan fingerprint density at radius 1 is 1.24 bits per heavy atom. The van der Waals surface area contributed by atoms with E-state index in [0.717, 1.165) is 50.9 Å². The summed E-state index contributed by atoms with van der Waals surface area (Å²) in [5.41, 5.74) is 2.72. The Morgan fingerprint density at radius 3 is 2.82 bits per heavy atom. The highest BCUT2D eigenvalue weighted by Gasteiger charge is 2.26. The van der Waals surface area contributed by atoms with E-state index in [1.54, 1.807) is 0 Å². The van der Waals surface area contributed by atoms with Crippen molar-refractivity contribution in [2.45, 2.75) is 31.9 Å². The number of ether oxygens (including phenoxy) is 2. The number of aldehydes is 1. The van der Waals surface area contributed by atoms with Gasteiger partial charge in [-0.3, -0.25) is 9.48 Å². The lowest BCUT2D eigenvalue weighted by atomic mass is 10.1. The van der Waals surface area contributed by atoms with Crippen molar-refractivity contribution in [2.75, 3.05) is 19.8 Å². The van der Waals surface area contributed by atoms with Crippen molar-refractivity contribution in [3.63, 3.8) is 0 Å². The predicted molar refractivity (Wildman–Crippen MR) is 60.1 cm³/mol. The van der Waals surface area contributed by atoms with E-state index in [0.29, 0.717) is 18.3 Å². The lowest BCUT2D eigenvalue weighted by molar-refractivity contribution is 0.0631. The summed E-state index contributed by atoms with van der Waals surface area (Å²) in [6, 6.07) is 0.379. The number of fused-ring (bicyclic) bond motifs is 1. The average molecular weight is 236 g/mol. The molecule has 92 valence electrons. The molecule has 3 heterocycles. The SMILES string of the molecule is O=Cc1nn(C2CCOCC2)c2c1COCC2. The lowest BCUT2D eigenvalue weighted by Gasteiger charge is -2.25. The minimum Gasteiger partial charge on any atom is -0.381 e. The van der Waals surface area contributed by atoms with Gasteiger partial charge in [-0.2, -0.15) is 5.10 Å². The second kappa shape index (κ2) is 4.58. The second-order valence-corrected chi connectivity index (χ2v) is 4.52. The van der Waals surface area contributed by atoms with Gasteiger partial charge in [-0.25, -0.2) is 0 Å². The molecule has 0 N–H and O–H groups in total. The topological polar surface area (TPSA) is 53.4 Å². The number of carbonyl (C=O) groups excluding carboxylic acids is 1. The molecule has 1 fully saturated rings. The Kier molecular flexibility index (Phi) is 2.94. The van der Waals surface area contributed by atoms with Crippen LogP contribution < -0.4 is 0 Å². The third kappa shape index (κ3) is 1.89. The first kappa shape index (κ1) is 10.9. The largest absolute Gasteiger partial charge is 0.381 e. The molecule has 0 bridgehead atoms. The van der Waals surface area contributed by atoms with Gasteiger partial charge in [0.1, 0.15) is 5.69 Å². The summed E-state index contributed by atoms with van der Waals surface area (Å²) in [5.74, 6) is 0. The number of hydrogen-bond donors (Lipinski definition) is 0. The van der Waals surface area contributed by atoms with Gasteiger partial charge in [-0.15, -0.1) is 0 Å². The third-order valence-corrected chi connectivity index (χ3v) is 3.53. The van der Waals surface area contributed by atoms with Crippen LogP contribution in [-0.4, -0.2) is 35.9 Å². The highest BCUT2D eigenvalue weighted by atomic mass is 16.5. The van der Waals surface area contributed by atoms with Crippen LogP contribution in [0.5, 0.6) is 0 Å². The van der Waals surface area contributed by atoms with Crippen molar-refractivity contribution in [1.29, 1.82) is 0 Å². The van der Waals surface area contributed by atoms with Crippen LogP contribution in [0, 0.1) is 0 Å². The van der Waals surface area contributed by atoms with Crippen molar-refractivity contribution < 1.29 is 14.3 Å². The summed E-state index contributed by atoms with van der Waals surface area (Å²) in [5, 5.41) is 4.45. The molecule has 0 amide bonds. The Morgan fingerprint density at radius 2 is 2.06 bits per heavy atom. The van der Waals surface area contributed by atoms with Gasteiger partial charge in [0.25, 0.3) is 0 Å². The molecule has 0 aromatic carbocycles. The lowest BCUT2D eigenvalue weighted by Crippen LogP contribution is -2.23. The summed E-state index contributed by atoms with van der Waals surface area (Å²) in [4.78, 5) is 11.0. The molecule has 1 aromatic rings. The Labute approximate surface area is 99.7 Å². The zero-order valence-corrected chi connectivity index (χ0v) is 9.72. The van der Waals surface area contributed by atoms with Crippen molar-refractivity contribution >= 4 is 6.29 Å². The fraction of sp³-hybridized carbons (Fsp3) is 0.667. The summed E-state index contributed by atoms with van der Waals surface area (Å²) in [6.07, 6.45) is 3.65. The zero-order valence-electron chi connectivity index (χ0n) is 9.72. The second-order valence-electron chi connectivity index (χ2n) is 4.52. The van der Waals surface area contributed by atoms with E-state index in [2.05, 4.69) is 5.10 Å². The molecule has 0 spiro atoms. The summed E-state index contributed by atoms with van der Waals surface area (Å²) in [7, 11) is 0. The Bertz CT molecular complexity index is 422. The fourth-order valence-electron chi connectivity index (χ4n) is 2.62. The maximum Gasteiger partial charge on any atom is 0.170 e. The Balaban J connectivity index is 1.97. The van der Waals surface area contributed by atoms with Gasteiger partial charge >= 0.3 is 0 Å². The molecule has 5 nitrogen and oxygen atoms in total. The first-order valence-corrected chi connectivity index (χ1v) is 6.11. The predicted octanol–water partition coefficient (Wildman–Crippen LogP) is 1.12. The number of carbonyl (C=O) groups is 1. The molecule has 0 saturated carbocycles. The summed E-state index contributed by atoms with van der Waals surface area (Å²) < 4.78 is 12.8. The van der Waals surface area contributed by atoms with Crippen molar-refractivity contribution in [3.8, 4) is 0 Å². The molecule has 1 saturated heterocycles. The van der Waals surface area contributed by atoms with E-state index in [1.165, 1.54) is 5.69 Å². The Hall–Kier alpha value is -1.20. The van der Waals surface area contributed by atoms with Crippen molar-refractivity contribution in [1.82, 2.24) is 9.78 Å². The van der Waals surface area contributed by atoms with Gasteiger partial charge in [0.2, 0.25) is 0 Å². The van der Waals surface area contributed by atoms with Crippen LogP contribution >= 0.6 is 0 Å². The van der Waals surface area contributed by atoms with E-state index in [-0.39, 0.29) is 0 Å². The third-order valence-electron chi connectivity index (χ3n) is 3.53. The molecule has 0 aliphatic carbocycles. The minimum absolute atomic E-state index is 0.379. The average Bonchev–Trinajstić information content (AvgIpc) is 2.78. The van der Waals surface area contributed by atoms with E-state index in [4.69, 9.17) is 9.47 Å². The van der Waals surface area contributed by atoms with Crippen LogP contribution in [0.15, 0.2) is 0 Å². The molecular formula is C12H16N2O3. The first-order chi connectivity index (χ1) is 8.40. The molecule has 0 unspecified atom stereocenters. The normalized spacial score (nSPS) is 21.2. The van der Waals surface area contributed by atoms with Crippen LogP contribution in [-0.2, 0) is 22.5 Å². The summed E-state index contributed by atoms with van der Waals surface area (Å²) >= 11 is 0. The van der Waals surface area contributed by atoms with E-state index in [9.17, 15) is 4.79 Å². The van der Waals surface area contributed by atoms with Crippen LogP contribution in [0.1, 0.15) is 40.6 Å². The van der Waals surface area contributed by atoms with Gasteiger partial charge in [0.05, 0.1) is 19.3 Å². The monoisotopic (exact) mass is 236 g/mol. The molecule has 1 aromatic heterocycles. The maximum absolute atomic E-state index is 11.0. The van der Waals surface area contributed by atoms with Crippen molar-refractivity contribution in [3.05, 3.63) is 17.0 Å². The van der Waals surface area contributed by atoms with Crippen LogP contribution in [0.4, 0.5) is 0 Å². The molecule has 3 rings (SSSR count). The molecule has 0 atom stereocenters. The first-order valence-electron chi connectivity index (χ1n) is 6.11. The summed E-state index contributed by atoms with van der Waals surface area (Å²) in [6.45, 7) is 2.81. The van der Waals surface area contributed by atoms with E-state index < -0.39 is 0 Å². The minimum atomic E-state index is 0.379. The van der Waals surface area contributed by atoms with Crippen LogP contribution in [0.3, 0.4) is 0 Å². The molecule has 2 aliphatic rings. The highest BCUT2D eigenvalue weighted by Crippen LogP contribution is 2.27. The quantitative estimate of drug-likeness (QED) is 0.722. The van der Waals surface area contributed by atoms with Crippen molar-refractivity contribution in [2.24, 2.45) is 0 Å². The number of rotatable bonds is 2. The maximum atomic E-state index is 11.0. The van der Waals surface area contributed by atoms with Crippen LogP contribution in [0.25, 0.3) is 0 Å². The molecular weight excluding hydrogens is 220 g/mol. The van der Waals surface area contributed by atoms with Gasteiger partial charge < -0.3 is 9.47 Å². The number of hydrogen-bond acceptors (Lipinski definition) is 4. The molecule has 2 aliphatic heterocycles. The molecule has 17 heavy (non-hydrogen) atoms. The van der Waals surface area contributed by atoms with Crippen LogP contribution in [0.2, 0.25) is 0 Å². The smallest absolute Gasteiger partial charge is 0.170 e. The highest BCUT2D eigenvalue weighted by molar-refractivity contribution is 5.74. The van der Waals surface area contributed by atoms with E-state index >= 15 is 0 Å². The van der Waals surface area contributed by atoms with Gasteiger partial charge in [0.15, 0.2) is 6.29 Å². The number of aromatic nitrogens is 2. The molecule has 0 radical (unpaired) electrons.